The zero-order valence-corrected chi connectivity index (χ0v) is 9.50. The van der Waals surface area contributed by atoms with Gasteiger partial charge in [0.15, 0.2) is 0 Å². The van der Waals surface area contributed by atoms with Gasteiger partial charge in [-0.05, 0) is 24.1 Å². The number of benzene rings is 1. The van der Waals surface area contributed by atoms with Crippen LogP contribution in [0.5, 0.6) is 0 Å². The lowest BCUT2D eigenvalue weighted by atomic mass is 10.2. The Morgan fingerprint density at radius 2 is 2.06 bits per heavy atom. The molecule has 1 fully saturated rings. The Hall–Kier alpha value is -0.980. The summed E-state index contributed by atoms with van der Waals surface area (Å²) in [7, 11) is -3.55. The monoisotopic (exact) mass is 244 g/mol. The van der Waals surface area contributed by atoms with Gasteiger partial charge in [0.2, 0.25) is 10.0 Å². The minimum absolute atomic E-state index is 0.00491. The maximum Gasteiger partial charge on any atom is 0.243 e. The number of hydrogen-bond donors (Lipinski definition) is 1. The van der Waals surface area contributed by atoms with E-state index in [0.29, 0.717) is 18.7 Å². The van der Waals surface area contributed by atoms with Gasteiger partial charge in [-0.25, -0.2) is 12.8 Å². The molecule has 1 aliphatic rings. The van der Waals surface area contributed by atoms with E-state index >= 15 is 0 Å². The third kappa shape index (κ3) is 1.83. The second-order valence-electron chi connectivity index (χ2n) is 3.71. The van der Waals surface area contributed by atoms with Crippen LogP contribution < -0.4 is 5.73 Å². The molecule has 1 heterocycles. The second-order valence-corrected chi connectivity index (χ2v) is 5.62. The molecule has 0 atom stereocenters. The average molecular weight is 244 g/mol. The predicted octanol–water partition coefficient (Wildman–Crippen LogP) is 0.679. The lowest BCUT2D eigenvalue weighted by Gasteiger charge is -2.30. The Kier molecular flexibility index (Phi) is 2.96. The van der Waals surface area contributed by atoms with Crippen molar-refractivity contribution in [3.63, 3.8) is 0 Å². The van der Waals surface area contributed by atoms with Gasteiger partial charge < -0.3 is 5.73 Å². The van der Waals surface area contributed by atoms with Crippen molar-refractivity contribution in [2.75, 3.05) is 13.1 Å². The van der Waals surface area contributed by atoms with Crippen molar-refractivity contribution in [1.29, 1.82) is 0 Å². The van der Waals surface area contributed by atoms with Crippen molar-refractivity contribution >= 4 is 10.0 Å². The van der Waals surface area contributed by atoms with Crippen molar-refractivity contribution < 1.29 is 12.8 Å². The molecule has 16 heavy (non-hydrogen) atoms. The Balaban J connectivity index is 2.49. The van der Waals surface area contributed by atoms with E-state index in [0.717, 1.165) is 12.5 Å². The summed E-state index contributed by atoms with van der Waals surface area (Å²) in [6, 6.07) is 3.68. The van der Waals surface area contributed by atoms with Gasteiger partial charge in [0, 0.05) is 19.6 Å². The number of hydrogen-bond acceptors (Lipinski definition) is 3. The summed E-state index contributed by atoms with van der Waals surface area (Å²) in [4.78, 5) is -0.00491. The third-order valence-corrected chi connectivity index (χ3v) is 4.66. The maximum atomic E-state index is 13.1. The van der Waals surface area contributed by atoms with E-state index in [2.05, 4.69) is 0 Å². The highest BCUT2D eigenvalue weighted by Crippen LogP contribution is 2.24. The third-order valence-electron chi connectivity index (χ3n) is 2.68. The molecule has 0 amide bonds. The molecule has 0 radical (unpaired) electrons. The van der Waals surface area contributed by atoms with Crippen LogP contribution in [-0.2, 0) is 16.6 Å². The Bertz CT molecular complexity index is 498. The van der Waals surface area contributed by atoms with E-state index in [1.807, 2.05) is 0 Å². The van der Waals surface area contributed by atoms with Crippen molar-refractivity contribution in [1.82, 2.24) is 4.31 Å². The summed E-state index contributed by atoms with van der Waals surface area (Å²) < 4.78 is 38.5. The molecular formula is C10H13FN2O2S. The fourth-order valence-electron chi connectivity index (χ4n) is 1.60. The molecule has 88 valence electrons. The quantitative estimate of drug-likeness (QED) is 0.850. The molecule has 0 saturated carbocycles. The van der Waals surface area contributed by atoms with Crippen LogP contribution in [0.2, 0.25) is 0 Å². The summed E-state index contributed by atoms with van der Waals surface area (Å²) in [5.74, 6) is -0.559. The fraction of sp³-hybridized carbons (Fsp3) is 0.400. The first kappa shape index (κ1) is 11.5. The molecule has 1 aromatic carbocycles. The molecule has 0 unspecified atom stereocenters. The van der Waals surface area contributed by atoms with Crippen LogP contribution in [0.25, 0.3) is 0 Å². The van der Waals surface area contributed by atoms with Gasteiger partial charge in [-0.1, -0.05) is 6.07 Å². The molecule has 6 heteroatoms. The lowest BCUT2D eigenvalue weighted by Crippen LogP contribution is -2.42. The van der Waals surface area contributed by atoms with Crippen molar-refractivity contribution in [3.05, 3.63) is 29.6 Å². The highest BCUT2D eigenvalue weighted by Gasteiger charge is 2.31. The minimum atomic E-state index is -3.55. The molecule has 1 aromatic rings. The van der Waals surface area contributed by atoms with Crippen LogP contribution >= 0.6 is 0 Å². The van der Waals surface area contributed by atoms with Crippen molar-refractivity contribution in [3.8, 4) is 0 Å². The number of sulfonamides is 1. The largest absolute Gasteiger partial charge is 0.326 e. The summed E-state index contributed by atoms with van der Waals surface area (Å²) in [6.07, 6.45) is 0.854. The zero-order valence-electron chi connectivity index (χ0n) is 8.69. The molecule has 1 saturated heterocycles. The van der Waals surface area contributed by atoms with Gasteiger partial charge >= 0.3 is 0 Å². The molecule has 2 N–H and O–H groups in total. The highest BCUT2D eigenvalue weighted by atomic mass is 32.2. The highest BCUT2D eigenvalue weighted by molar-refractivity contribution is 7.89. The molecule has 0 aliphatic carbocycles. The SMILES string of the molecule is NCc1ccc(F)cc1S(=O)(=O)N1CCC1. The molecule has 0 bridgehead atoms. The standard InChI is InChI=1S/C10H13FN2O2S/c11-9-3-2-8(7-12)10(6-9)16(14,15)13-4-1-5-13/h2-3,6H,1,4-5,7,12H2. The van der Waals surface area contributed by atoms with E-state index in [9.17, 15) is 12.8 Å². The van der Waals surface area contributed by atoms with Gasteiger partial charge in [0.05, 0.1) is 4.90 Å². The van der Waals surface area contributed by atoms with Crippen LogP contribution in [0.15, 0.2) is 23.1 Å². The first-order valence-electron chi connectivity index (χ1n) is 5.04. The topological polar surface area (TPSA) is 63.4 Å². The van der Waals surface area contributed by atoms with E-state index in [-0.39, 0.29) is 11.4 Å². The number of rotatable bonds is 3. The summed E-state index contributed by atoms with van der Waals surface area (Å²) in [5, 5.41) is 0. The van der Waals surface area contributed by atoms with Crippen LogP contribution in [0.3, 0.4) is 0 Å². The van der Waals surface area contributed by atoms with E-state index in [1.165, 1.54) is 16.4 Å². The Morgan fingerprint density at radius 1 is 1.38 bits per heavy atom. The van der Waals surface area contributed by atoms with Crippen molar-refractivity contribution in [2.45, 2.75) is 17.9 Å². The first-order chi connectivity index (χ1) is 7.55. The predicted molar refractivity (Wildman–Crippen MR) is 57.7 cm³/mol. The summed E-state index contributed by atoms with van der Waals surface area (Å²) in [6.45, 7) is 1.09. The molecule has 0 spiro atoms. The first-order valence-corrected chi connectivity index (χ1v) is 6.48. The number of halogens is 1. The van der Waals surface area contributed by atoms with Crippen LogP contribution in [0, 0.1) is 5.82 Å². The average Bonchev–Trinajstić information content (AvgIpc) is 2.14. The van der Waals surface area contributed by atoms with Crippen LogP contribution in [0.4, 0.5) is 4.39 Å². The molecule has 0 aromatic heterocycles. The van der Waals surface area contributed by atoms with Gasteiger partial charge in [-0.2, -0.15) is 4.31 Å². The van der Waals surface area contributed by atoms with Gasteiger partial charge in [-0.15, -0.1) is 0 Å². The van der Waals surface area contributed by atoms with Crippen LogP contribution in [-0.4, -0.2) is 25.8 Å². The number of nitrogens with zero attached hydrogens (tertiary/aromatic N) is 1. The smallest absolute Gasteiger partial charge is 0.243 e. The maximum absolute atomic E-state index is 13.1. The van der Waals surface area contributed by atoms with Crippen LogP contribution in [0.1, 0.15) is 12.0 Å². The second kappa shape index (κ2) is 4.12. The summed E-state index contributed by atoms with van der Waals surface area (Å²) in [5.41, 5.74) is 5.90. The molecule has 4 nitrogen and oxygen atoms in total. The molecule has 2 rings (SSSR count). The van der Waals surface area contributed by atoms with Gasteiger partial charge in [-0.3, -0.25) is 0 Å². The Labute approximate surface area is 93.9 Å². The normalized spacial score (nSPS) is 17.1. The number of nitrogens with two attached hydrogens (primary N) is 1. The Morgan fingerprint density at radius 3 is 2.56 bits per heavy atom. The van der Waals surface area contributed by atoms with Gasteiger partial charge in [0.25, 0.3) is 0 Å². The molecule has 1 aliphatic heterocycles. The van der Waals surface area contributed by atoms with E-state index in [4.69, 9.17) is 5.73 Å². The summed E-state index contributed by atoms with van der Waals surface area (Å²) >= 11 is 0. The lowest BCUT2D eigenvalue weighted by molar-refractivity contribution is 0.309. The van der Waals surface area contributed by atoms with Gasteiger partial charge in [0.1, 0.15) is 5.82 Å². The fourth-order valence-corrected chi connectivity index (χ4v) is 3.37. The van der Waals surface area contributed by atoms with Crippen molar-refractivity contribution in [2.24, 2.45) is 5.73 Å². The van der Waals surface area contributed by atoms with E-state index < -0.39 is 15.8 Å². The van der Waals surface area contributed by atoms with E-state index in [1.54, 1.807) is 0 Å². The zero-order chi connectivity index (χ0) is 11.8. The molecular weight excluding hydrogens is 231 g/mol. The minimum Gasteiger partial charge on any atom is -0.326 e.